The summed E-state index contributed by atoms with van der Waals surface area (Å²) in [5.74, 6) is 0.975. The summed E-state index contributed by atoms with van der Waals surface area (Å²) in [7, 11) is -1.05. The first-order valence-corrected chi connectivity index (χ1v) is 7.84. The van der Waals surface area contributed by atoms with Gasteiger partial charge in [-0.2, -0.15) is 0 Å². The lowest BCUT2D eigenvalue weighted by Gasteiger charge is -2.01. The van der Waals surface area contributed by atoms with Crippen LogP contribution in [0.1, 0.15) is 0 Å². The Bertz CT molecular complexity index is 392. The molecule has 0 aliphatic carbocycles. The average Bonchev–Trinajstić information content (AvgIpc) is 2.38. The van der Waals surface area contributed by atoms with Crippen LogP contribution in [0.4, 0.5) is 0 Å². The van der Waals surface area contributed by atoms with Gasteiger partial charge in [-0.3, -0.25) is 4.21 Å². The van der Waals surface area contributed by atoms with Gasteiger partial charge in [0.1, 0.15) is 7.35 Å². The predicted molar refractivity (Wildman–Crippen MR) is 61.0 cm³/mol. The maximum atomic E-state index is 11.6. The predicted octanol–water partition coefficient (Wildman–Crippen LogP) is 2.11. The maximum absolute atomic E-state index is 11.6. The van der Waals surface area contributed by atoms with Crippen LogP contribution in [0.3, 0.4) is 0 Å². The minimum absolute atomic E-state index is 0.349. The Hall–Kier alpha value is 0.730. The van der Waals surface area contributed by atoms with Crippen molar-refractivity contribution in [1.29, 1.82) is 0 Å². The second-order valence-electron chi connectivity index (χ2n) is 2.51. The van der Waals surface area contributed by atoms with E-state index in [1.165, 1.54) is 22.7 Å². The van der Waals surface area contributed by atoms with E-state index in [0.717, 1.165) is 11.6 Å². The standard InChI is InChI=1S/C6H6O2S5/c7-3-1-10-4-5(13(8)2-3)12-6(9)11-4/h3,7H,1-2H2/t3-,13+/m0/s1. The molecule has 2 atom stereocenters. The Morgan fingerprint density at radius 2 is 2.31 bits per heavy atom. The first-order valence-electron chi connectivity index (χ1n) is 3.50. The molecule has 0 saturated carbocycles. The van der Waals surface area contributed by atoms with Crippen LogP contribution in [0, 0.1) is 3.14 Å². The van der Waals surface area contributed by atoms with Crippen molar-refractivity contribution in [1.82, 2.24) is 0 Å². The molecule has 1 aliphatic heterocycles. The Balaban J connectivity index is 2.44. The minimum atomic E-state index is -1.05. The van der Waals surface area contributed by atoms with Gasteiger partial charge in [0.2, 0.25) is 0 Å². The van der Waals surface area contributed by atoms with Crippen LogP contribution in [-0.2, 0) is 10.8 Å². The molecule has 2 rings (SSSR count). The molecule has 1 aromatic heterocycles. The van der Waals surface area contributed by atoms with E-state index >= 15 is 0 Å². The molecule has 0 radical (unpaired) electrons. The van der Waals surface area contributed by atoms with Crippen LogP contribution in [-0.4, -0.2) is 26.9 Å². The summed E-state index contributed by atoms with van der Waals surface area (Å²) in [6.45, 7) is 0. The van der Waals surface area contributed by atoms with E-state index in [4.69, 9.17) is 12.2 Å². The molecule has 7 heteroatoms. The number of thioether (sulfide) groups is 1. The van der Waals surface area contributed by atoms with Crippen LogP contribution in [0.15, 0.2) is 8.42 Å². The Morgan fingerprint density at radius 3 is 3.08 bits per heavy atom. The van der Waals surface area contributed by atoms with E-state index in [2.05, 4.69) is 0 Å². The van der Waals surface area contributed by atoms with Crippen molar-refractivity contribution in [2.75, 3.05) is 11.5 Å². The second-order valence-corrected chi connectivity index (χ2v) is 8.71. The molecular weight excluding hydrogens is 264 g/mol. The van der Waals surface area contributed by atoms with Crippen molar-refractivity contribution in [3.05, 3.63) is 3.14 Å². The van der Waals surface area contributed by atoms with E-state index in [1.54, 1.807) is 11.8 Å². The van der Waals surface area contributed by atoms with Crippen molar-refractivity contribution in [3.8, 4) is 0 Å². The fourth-order valence-corrected chi connectivity index (χ4v) is 7.68. The van der Waals surface area contributed by atoms with Gasteiger partial charge < -0.3 is 5.11 Å². The maximum Gasteiger partial charge on any atom is 0.145 e. The molecule has 2 heterocycles. The fourth-order valence-electron chi connectivity index (χ4n) is 0.954. The summed E-state index contributed by atoms with van der Waals surface area (Å²) in [4.78, 5) is 0. The lowest BCUT2D eigenvalue weighted by Crippen LogP contribution is -2.16. The number of fused-ring (bicyclic) bond motifs is 1. The van der Waals surface area contributed by atoms with Gasteiger partial charge in [-0.25, -0.2) is 0 Å². The second kappa shape index (κ2) is 4.08. The van der Waals surface area contributed by atoms with Gasteiger partial charge in [0, 0.05) is 5.75 Å². The summed E-state index contributed by atoms with van der Waals surface area (Å²) < 4.78 is 14.3. The van der Waals surface area contributed by atoms with Crippen molar-refractivity contribution in [2.45, 2.75) is 14.5 Å². The summed E-state index contributed by atoms with van der Waals surface area (Å²) in [5, 5.41) is 9.39. The third-order valence-corrected chi connectivity index (χ3v) is 7.84. The van der Waals surface area contributed by atoms with Gasteiger partial charge in [-0.15, -0.1) is 34.4 Å². The smallest absolute Gasteiger partial charge is 0.145 e. The van der Waals surface area contributed by atoms with E-state index < -0.39 is 16.9 Å². The van der Waals surface area contributed by atoms with Crippen molar-refractivity contribution in [2.24, 2.45) is 0 Å². The van der Waals surface area contributed by atoms with Gasteiger partial charge in [0.25, 0.3) is 0 Å². The van der Waals surface area contributed by atoms with Crippen LogP contribution < -0.4 is 0 Å². The zero-order chi connectivity index (χ0) is 9.42. The van der Waals surface area contributed by atoms with Crippen LogP contribution >= 0.6 is 46.7 Å². The topological polar surface area (TPSA) is 37.3 Å². The van der Waals surface area contributed by atoms with Gasteiger partial charge >= 0.3 is 0 Å². The summed E-state index contributed by atoms with van der Waals surface area (Å²) in [6, 6.07) is 0. The van der Waals surface area contributed by atoms with E-state index in [9.17, 15) is 9.32 Å². The highest BCUT2D eigenvalue weighted by Gasteiger charge is 2.22. The molecule has 0 spiro atoms. The zero-order valence-corrected chi connectivity index (χ0v) is 10.5. The Kier molecular flexibility index (Phi) is 3.22. The molecule has 13 heavy (non-hydrogen) atoms. The first-order chi connectivity index (χ1) is 6.16. The fraction of sp³-hybridized carbons (Fsp3) is 0.500. The quantitative estimate of drug-likeness (QED) is 0.733. The molecule has 2 nitrogen and oxygen atoms in total. The van der Waals surface area contributed by atoms with E-state index in [0.29, 0.717) is 11.5 Å². The molecule has 0 bridgehead atoms. The highest BCUT2D eigenvalue weighted by molar-refractivity contribution is 8.02. The number of aliphatic hydroxyl groups excluding tert-OH is 1. The largest absolute Gasteiger partial charge is 0.391 e. The number of rotatable bonds is 0. The SMILES string of the molecule is O=[S@@]1C[C@@H](O)CSc2sc(=S)sc21. The molecule has 0 aromatic carbocycles. The highest BCUT2D eigenvalue weighted by atomic mass is 32.2. The van der Waals surface area contributed by atoms with E-state index in [1.807, 2.05) is 0 Å². The van der Waals surface area contributed by atoms with Crippen molar-refractivity contribution in [3.63, 3.8) is 0 Å². The molecule has 1 aromatic rings. The molecular formula is C6H6O2S5. The molecule has 72 valence electrons. The Morgan fingerprint density at radius 1 is 1.54 bits per heavy atom. The van der Waals surface area contributed by atoms with Gasteiger partial charge in [0.05, 0.1) is 26.9 Å². The molecule has 0 fully saturated rings. The lowest BCUT2D eigenvalue weighted by atomic mass is 10.5. The zero-order valence-electron chi connectivity index (χ0n) is 6.39. The van der Waals surface area contributed by atoms with E-state index in [-0.39, 0.29) is 0 Å². The van der Waals surface area contributed by atoms with Crippen LogP contribution in [0.5, 0.6) is 0 Å². The average molecular weight is 270 g/mol. The summed E-state index contributed by atoms with van der Waals surface area (Å²) >= 11 is 9.51. The van der Waals surface area contributed by atoms with Crippen molar-refractivity contribution < 1.29 is 9.32 Å². The molecule has 1 aliphatic rings. The third-order valence-electron chi connectivity index (χ3n) is 1.48. The summed E-state index contributed by atoms with van der Waals surface area (Å²) in [5.41, 5.74) is 0. The van der Waals surface area contributed by atoms with Gasteiger partial charge in [0.15, 0.2) is 0 Å². The monoisotopic (exact) mass is 270 g/mol. The van der Waals surface area contributed by atoms with Gasteiger partial charge in [-0.1, -0.05) is 12.2 Å². The molecule has 1 N–H and O–H groups in total. The minimum Gasteiger partial charge on any atom is -0.391 e. The number of hydrogen-bond acceptors (Lipinski definition) is 6. The Labute approximate surface area is 95.5 Å². The molecule has 0 amide bonds. The summed E-state index contributed by atoms with van der Waals surface area (Å²) in [6.07, 6.45) is -0.453. The molecule has 0 unspecified atom stereocenters. The first kappa shape index (κ1) is 10.3. The van der Waals surface area contributed by atoms with Crippen LogP contribution in [0.25, 0.3) is 0 Å². The third kappa shape index (κ3) is 2.21. The molecule has 0 saturated heterocycles. The lowest BCUT2D eigenvalue weighted by molar-refractivity contribution is 0.224. The van der Waals surface area contributed by atoms with Crippen LogP contribution in [0.2, 0.25) is 0 Å². The normalized spacial score (nSPS) is 28.1. The van der Waals surface area contributed by atoms with Gasteiger partial charge in [-0.05, 0) is 0 Å². The number of hydrogen-bond donors (Lipinski definition) is 1. The van der Waals surface area contributed by atoms with Crippen molar-refractivity contribution >= 4 is 57.5 Å². The highest BCUT2D eigenvalue weighted by Crippen LogP contribution is 2.38. The number of aliphatic hydroxyl groups is 1.